The maximum absolute atomic E-state index is 14.1. The number of halogens is 4. The van der Waals surface area contributed by atoms with Crippen LogP contribution in [0, 0.1) is 26.7 Å². The Hall–Kier alpha value is -6.89. The number of rotatable bonds is 14. The normalized spacial score (nSPS) is 15.1. The van der Waals surface area contributed by atoms with Gasteiger partial charge in [0.05, 0.1) is 17.7 Å². The topological polar surface area (TPSA) is 167 Å². The van der Waals surface area contributed by atoms with Crippen molar-refractivity contribution in [3.05, 3.63) is 151 Å². The Morgan fingerprint density at radius 2 is 1.49 bits per heavy atom. The monoisotopic (exact) mass is 1030 g/mol. The summed E-state index contributed by atoms with van der Waals surface area (Å²) in [6.45, 7) is 10.9. The van der Waals surface area contributed by atoms with Crippen LogP contribution in [0.25, 0.3) is 22.1 Å². The van der Waals surface area contributed by atoms with E-state index in [2.05, 4.69) is 68.0 Å². The van der Waals surface area contributed by atoms with Crippen LogP contribution in [0.3, 0.4) is 0 Å². The van der Waals surface area contributed by atoms with Crippen molar-refractivity contribution in [1.29, 1.82) is 0 Å². The third-order valence-corrected chi connectivity index (χ3v) is 15.1. The fourth-order valence-electron chi connectivity index (χ4n) is 9.70. The van der Waals surface area contributed by atoms with Crippen molar-refractivity contribution in [1.82, 2.24) is 44.6 Å². The van der Waals surface area contributed by atoms with E-state index in [1.165, 1.54) is 27.1 Å². The highest BCUT2D eigenvalue weighted by molar-refractivity contribution is 7.15. The SMILES string of the molecule is Cc1sc2c(c1C)C(c1ccc(Cl)cc1)=NC(CC(=O)N1CCC(Cc3ccc(CN(C)Cc4ccc(-n5c(C(=O)NCC(F)(F)F)nnc5-c5cc(C(C)C)c(O)cc5O)cc4)cc3)CC1)c1nnc(C)n1-2. The van der Waals surface area contributed by atoms with Crippen LogP contribution in [0.15, 0.2) is 89.9 Å². The molecule has 380 valence electrons. The number of phenolic OH excluding ortho intramolecular Hbond substituents is 2. The Morgan fingerprint density at radius 1 is 0.849 bits per heavy atom. The first-order valence-electron chi connectivity index (χ1n) is 24.2. The summed E-state index contributed by atoms with van der Waals surface area (Å²) in [4.78, 5) is 37.8. The van der Waals surface area contributed by atoms with E-state index in [-0.39, 0.29) is 41.1 Å². The zero-order valence-corrected chi connectivity index (χ0v) is 42.9. The maximum Gasteiger partial charge on any atom is 0.405 e. The van der Waals surface area contributed by atoms with E-state index >= 15 is 0 Å². The average Bonchev–Trinajstić information content (AvgIpc) is 4.02. The van der Waals surface area contributed by atoms with E-state index in [0.29, 0.717) is 54.2 Å². The van der Waals surface area contributed by atoms with Gasteiger partial charge in [-0.05, 0) is 117 Å². The third kappa shape index (κ3) is 11.1. The van der Waals surface area contributed by atoms with Crippen molar-refractivity contribution in [3.8, 4) is 33.6 Å². The number of phenols is 2. The minimum absolute atomic E-state index is 0.0113. The van der Waals surface area contributed by atoms with Crippen LogP contribution in [0.4, 0.5) is 13.2 Å². The molecule has 0 bridgehead atoms. The fourth-order valence-corrected chi connectivity index (χ4v) is 11.0. The Balaban J connectivity index is 0.815. The molecular formula is C54H56ClF3N10O4S. The molecule has 5 heterocycles. The van der Waals surface area contributed by atoms with Gasteiger partial charge in [-0.15, -0.1) is 31.7 Å². The minimum atomic E-state index is -4.65. The lowest BCUT2D eigenvalue weighted by Crippen LogP contribution is -2.39. The molecule has 0 aliphatic carbocycles. The van der Waals surface area contributed by atoms with Gasteiger partial charge in [-0.2, -0.15) is 13.2 Å². The van der Waals surface area contributed by atoms with E-state index in [1.807, 2.05) is 74.4 Å². The van der Waals surface area contributed by atoms with Crippen LogP contribution in [-0.4, -0.2) is 99.9 Å². The molecular weight excluding hydrogens is 977 g/mol. The molecule has 0 radical (unpaired) electrons. The summed E-state index contributed by atoms with van der Waals surface area (Å²) in [5, 5.41) is 42.0. The third-order valence-electron chi connectivity index (χ3n) is 13.7. The number of benzene rings is 4. The second-order valence-electron chi connectivity index (χ2n) is 19.4. The average molecular weight is 1030 g/mol. The summed E-state index contributed by atoms with van der Waals surface area (Å²) in [7, 11) is 2.01. The quantitative estimate of drug-likeness (QED) is 0.0961. The van der Waals surface area contributed by atoms with E-state index in [1.54, 1.807) is 23.5 Å². The van der Waals surface area contributed by atoms with Crippen molar-refractivity contribution < 1.29 is 33.0 Å². The first-order chi connectivity index (χ1) is 34.8. The smallest absolute Gasteiger partial charge is 0.405 e. The second kappa shape index (κ2) is 20.9. The number of piperidine rings is 1. The molecule has 0 saturated carbocycles. The summed E-state index contributed by atoms with van der Waals surface area (Å²) in [5.74, 6) is -0.203. The van der Waals surface area contributed by atoms with Gasteiger partial charge in [0.2, 0.25) is 11.7 Å². The molecule has 3 N–H and O–H groups in total. The highest BCUT2D eigenvalue weighted by atomic mass is 35.5. The molecule has 3 aromatic heterocycles. The zero-order valence-electron chi connectivity index (χ0n) is 41.3. The lowest BCUT2D eigenvalue weighted by atomic mass is 9.89. The maximum atomic E-state index is 14.1. The molecule has 4 aromatic carbocycles. The van der Waals surface area contributed by atoms with E-state index in [9.17, 15) is 33.0 Å². The Bertz CT molecular complexity index is 3190. The molecule has 2 aliphatic rings. The molecule has 14 nitrogen and oxygen atoms in total. The molecule has 2 aliphatic heterocycles. The number of thiophene rings is 1. The van der Waals surface area contributed by atoms with Gasteiger partial charge < -0.3 is 20.4 Å². The first-order valence-corrected chi connectivity index (χ1v) is 25.4. The number of aromatic nitrogens is 6. The van der Waals surface area contributed by atoms with Crippen molar-refractivity contribution in [2.75, 3.05) is 26.7 Å². The number of aryl methyl sites for hydroxylation is 2. The fraction of sp³-hybridized carbons (Fsp3) is 0.352. The zero-order chi connectivity index (χ0) is 51.9. The second-order valence-corrected chi connectivity index (χ2v) is 21.0. The number of aromatic hydroxyl groups is 2. The van der Waals surface area contributed by atoms with E-state index in [4.69, 9.17) is 16.6 Å². The molecule has 0 spiro atoms. The molecule has 1 saturated heterocycles. The van der Waals surface area contributed by atoms with Gasteiger partial charge in [-0.25, -0.2) is 0 Å². The predicted octanol–water partition coefficient (Wildman–Crippen LogP) is 10.4. The largest absolute Gasteiger partial charge is 0.508 e. The molecule has 73 heavy (non-hydrogen) atoms. The predicted molar refractivity (Wildman–Crippen MR) is 275 cm³/mol. The summed E-state index contributed by atoms with van der Waals surface area (Å²) in [5.41, 5.74) is 8.27. The van der Waals surface area contributed by atoms with E-state index < -0.39 is 30.5 Å². The lowest BCUT2D eigenvalue weighted by Gasteiger charge is -2.32. The summed E-state index contributed by atoms with van der Waals surface area (Å²) < 4.78 is 42.6. The number of hydrogen-bond acceptors (Lipinski definition) is 11. The van der Waals surface area contributed by atoms with E-state index in [0.717, 1.165) is 63.6 Å². The molecule has 19 heteroatoms. The lowest BCUT2D eigenvalue weighted by molar-refractivity contribution is -0.133. The molecule has 1 atom stereocenters. The van der Waals surface area contributed by atoms with Crippen LogP contribution >= 0.6 is 22.9 Å². The minimum Gasteiger partial charge on any atom is -0.508 e. The van der Waals surface area contributed by atoms with Gasteiger partial charge in [-0.1, -0.05) is 74.0 Å². The highest BCUT2D eigenvalue weighted by Gasteiger charge is 2.35. The molecule has 2 amide bonds. The van der Waals surface area contributed by atoms with Gasteiger partial charge in [0, 0.05) is 59.0 Å². The number of nitrogens with zero attached hydrogens (tertiary/aromatic N) is 9. The molecule has 9 rings (SSSR count). The van der Waals surface area contributed by atoms with Gasteiger partial charge in [-0.3, -0.25) is 28.6 Å². The number of likely N-dealkylation sites (tertiary alicyclic amines) is 1. The molecule has 1 unspecified atom stereocenters. The van der Waals surface area contributed by atoms with Gasteiger partial charge in [0.15, 0.2) is 11.6 Å². The van der Waals surface area contributed by atoms with Crippen LogP contribution in [0.5, 0.6) is 11.5 Å². The number of hydrogen-bond donors (Lipinski definition) is 3. The van der Waals surface area contributed by atoms with Crippen molar-refractivity contribution >= 4 is 40.5 Å². The van der Waals surface area contributed by atoms with Crippen LogP contribution in [-0.2, 0) is 24.3 Å². The number of aliphatic imine (C=N–C) groups is 1. The number of amides is 2. The molecule has 7 aromatic rings. The summed E-state index contributed by atoms with van der Waals surface area (Å²) >= 11 is 7.98. The first kappa shape index (κ1) is 51.0. The number of alkyl halides is 3. The standard InChI is InChI=1S/C54H56ClF3N10O4S/c1-30(2)41-24-42(45(70)26-44(41)69)49-62-64-51(52(72)59-29-54(56,57)58)68(49)40-17-11-37(12-18-40)28-65(6)27-36-9-7-34(8-10-36)23-35-19-21-66(22-20-35)46(71)25-43-50-63-61-33(5)67(50)53-47(31(3)32(4)73-53)48(60-43)38-13-15-39(55)16-14-38/h7-18,24,26,30,35,43,69-70H,19-23,25,27-29H2,1-6H3,(H,59,72). The van der Waals surface area contributed by atoms with Crippen LogP contribution in [0.2, 0.25) is 5.02 Å². The number of nitrogens with one attached hydrogen (secondary N) is 1. The highest BCUT2D eigenvalue weighted by Crippen LogP contribution is 2.41. The molecule has 1 fully saturated rings. The number of carbonyl (C=O) groups is 2. The Kier molecular flexibility index (Phi) is 14.6. The Labute approximate surface area is 430 Å². The van der Waals surface area contributed by atoms with Crippen LogP contribution in [0.1, 0.15) is 111 Å². The van der Waals surface area contributed by atoms with Gasteiger partial charge in [0.1, 0.15) is 34.9 Å². The summed E-state index contributed by atoms with van der Waals surface area (Å²) in [6, 6.07) is 25.6. The van der Waals surface area contributed by atoms with Crippen molar-refractivity contribution in [3.63, 3.8) is 0 Å². The van der Waals surface area contributed by atoms with Gasteiger partial charge in [0.25, 0.3) is 5.91 Å². The number of carbonyl (C=O) groups excluding carboxylic acids is 2. The van der Waals surface area contributed by atoms with Crippen LogP contribution < -0.4 is 5.32 Å². The van der Waals surface area contributed by atoms with Crippen molar-refractivity contribution in [2.24, 2.45) is 10.9 Å². The Morgan fingerprint density at radius 3 is 2.14 bits per heavy atom. The van der Waals surface area contributed by atoms with Crippen molar-refractivity contribution in [2.45, 2.75) is 91.5 Å². The number of fused-ring (bicyclic) bond motifs is 3. The van der Waals surface area contributed by atoms with Gasteiger partial charge >= 0.3 is 6.18 Å². The summed E-state index contributed by atoms with van der Waals surface area (Å²) in [6.07, 6.45) is -1.76.